The summed E-state index contributed by atoms with van der Waals surface area (Å²) in [4.78, 5) is 2.31. The highest BCUT2D eigenvalue weighted by atomic mass is 35.5. The van der Waals surface area contributed by atoms with E-state index in [0.29, 0.717) is 0 Å². The average Bonchev–Trinajstić information content (AvgIpc) is 2.73. The highest BCUT2D eigenvalue weighted by Crippen LogP contribution is 2.32. The summed E-state index contributed by atoms with van der Waals surface area (Å²) in [7, 11) is 0. The zero-order valence-electron chi connectivity index (χ0n) is 8.86. The van der Waals surface area contributed by atoms with E-state index in [1.165, 1.54) is 11.1 Å². The second kappa shape index (κ2) is 3.84. The lowest BCUT2D eigenvalue weighted by atomic mass is 10.1. The van der Waals surface area contributed by atoms with Gasteiger partial charge in [0.25, 0.3) is 0 Å². The first-order valence-corrected chi connectivity index (χ1v) is 5.78. The molecule has 2 heteroatoms. The van der Waals surface area contributed by atoms with Crippen molar-refractivity contribution >= 4 is 17.3 Å². The Morgan fingerprint density at radius 3 is 2.00 bits per heavy atom. The minimum Gasteiger partial charge on any atom is -0.362 e. The van der Waals surface area contributed by atoms with Gasteiger partial charge in [0.2, 0.25) is 0 Å². The quantitative estimate of drug-likeness (QED) is 0.718. The maximum absolute atomic E-state index is 6.21. The molecule has 1 nitrogen and oxygen atoms in total. The van der Waals surface area contributed by atoms with Crippen LogP contribution in [0.25, 0.3) is 0 Å². The zero-order valence-corrected chi connectivity index (χ0v) is 9.61. The number of rotatable bonds is 1. The summed E-state index contributed by atoms with van der Waals surface area (Å²) in [5.74, 6) is 0. The van der Waals surface area contributed by atoms with Crippen LogP contribution in [0.15, 0.2) is 48.5 Å². The predicted octanol–water partition coefficient (Wildman–Crippen LogP) is 3.86. The van der Waals surface area contributed by atoms with Gasteiger partial charge < -0.3 is 4.90 Å². The van der Waals surface area contributed by atoms with Gasteiger partial charge in [-0.3, -0.25) is 0 Å². The summed E-state index contributed by atoms with van der Waals surface area (Å²) in [5, 5.41) is 0.829. The summed E-state index contributed by atoms with van der Waals surface area (Å²) >= 11 is 6.21. The molecule has 3 rings (SSSR count). The van der Waals surface area contributed by atoms with Crippen molar-refractivity contribution in [3.63, 3.8) is 0 Å². The third-order valence-electron chi connectivity index (χ3n) is 3.03. The van der Waals surface area contributed by atoms with E-state index in [-0.39, 0.29) is 0 Å². The fourth-order valence-electron chi connectivity index (χ4n) is 2.21. The van der Waals surface area contributed by atoms with Crippen LogP contribution in [-0.2, 0) is 13.1 Å². The van der Waals surface area contributed by atoms with Crippen LogP contribution in [0.5, 0.6) is 0 Å². The fraction of sp³-hybridized carbons (Fsp3) is 0.143. The minimum atomic E-state index is 0.829. The van der Waals surface area contributed by atoms with E-state index in [9.17, 15) is 0 Å². The molecule has 16 heavy (non-hydrogen) atoms. The van der Waals surface area contributed by atoms with Crippen LogP contribution in [0.2, 0.25) is 5.02 Å². The average molecular weight is 230 g/mol. The van der Waals surface area contributed by atoms with Crippen molar-refractivity contribution in [3.8, 4) is 0 Å². The molecule has 0 atom stereocenters. The van der Waals surface area contributed by atoms with Crippen molar-refractivity contribution in [1.29, 1.82) is 0 Å². The number of halogens is 1. The van der Waals surface area contributed by atoms with Gasteiger partial charge in [0.05, 0.1) is 10.7 Å². The Morgan fingerprint density at radius 2 is 1.38 bits per heavy atom. The van der Waals surface area contributed by atoms with Crippen LogP contribution < -0.4 is 4.90 Å². The Kier molecular flexibility index (Phi) is 2.33. The van der Waals surface area contributed by atoms with E-state index in [1.54, 1.807) is 0 Å². The van der Waals surface area contributed by atoms with E-state index in [0.717, 1.165) is 23.8 Å². The summed E-state index contributed by atoms with van der Waals surface area (Å²) < 4.78 is 0. The Hall–Kier alpha value is -1.47. The lowest BCUT2D eigenvalue weighted by Crippen LogP contribution is -2.14. The summed E-state index contributed by atoms with van der Waals surface area (Å²) in [6.07, 6.45) is 0. The maximum atomic E-state index is 6.21. The molecule has 2 aromatic carbocycles. The Morgan fingerprint density at radius 1 is 0.812 bits per heavy atom. The van der Waals surface area contributed by atoms with Crippen LogP contribution in [-0.4, -0.2) is 0 Å². The molecular weight excluding hydrogens is 218 g/mol. The third kappa shape index (κ3) is 1.57. The van der Waals surface area contributed by atoms with Gasteiger partial charge in [-0.05, 0) is 23.3 Å². The molecule has 0 radical (unpaired) electrons. The Balaban J connectivity index is 1.95. The topological polar surface area (TPSA) is 3.24 Å². The number of nitrogens with zero attached hydrogens (tertiary/aromatic N) is 1. The predicted molar refractivity (Wildman–Crippen MR) is 67.8 cm³/mol. The molecule has 2 aromatic rings. The highest BCUT2D eigenvalue weighted by Gasteiger charge is 2.19. The van der Waals surface area contributed by atoms with Gasteiger partial charge >= 0.3 is 0 Å². The number of hydrogen-bond donors (Lipinski definition) is 0. The van der Waals surface area contributed by atoms with Crippen molar-refractivity contribution in [2.45, 2.75) is 13.1 Å². The van der Waals surface area contributed by atoms with Gasteiger partial charge in [-0.2, -0.15) is 0 Å². The van der Waals surface area contributed by atoms with Gasteiger partial charge in [-0.25, -0.2) is 0 Å². The van der Waals surface area contributed by atoms with Gasteiger partial charge in [0.1, 0.15) is 0 Å². The normalized spacial score (nSPS) is 13.9. The summed E-state index contributed by atoms with van der Waals surface area (Å²) in [5.41, 5.74) is 3.94. The maximum Gasteiger partial charge on any atom is 0.0639 e. The van der Waals surface area contributed by atoms with E-state index in [2.05, 4.69) is 35.2 Å². The second-order valence-corrected chi connectivity index (χ2v) is 4.48. The Bertz CT molecular complexity index is 497. The number of benzene rings is 2. The van der Waals surface area contributed by atoms with Crippen molar-refractivity contribution in [3.05, 3.63) is 64.7 Å². The largest absolute Gasteiger partial charge is 0.362 e. The molecule has 0 bridgehead atoms. The summed E-state index contributed by atoms with van der Waals surface area (Å²) in [6, 6.07) is 16.6. The standard InChI is InChI=1S/C14H12ClN/c15-13-7-3-4-8-14(13)16-9-11-5-1-2-6-12(11)10-16/h1-8H,9-10H2. The minimum absolute atomic E-state index is 0.829. The zero-order chi connectivity index (χ0) is 11.0. The number of hydrogen-bond acceptors (Lipinski definition) is 1. The molecule has 1 aliphatic heterocycles. The fourth-order valence-corrected chi connectivity index (χ4v) is 2.47. The SMILES string of the molecule is Clc1ccccc1N1Cc2ccccc2C1. The van der Waals surface area contributed by atoms with Gasteiger partial charge in [0.15, 0.2) is 0 Å². The van der Waals surface area contributed by atoms with E-state index >= 15 is 0 Å². The van der Waals surface area contributed by atoms with Crippen molar-refractivity contribution in [2.24, 2.45) is 0 Å². The number of anilines is 1. The van der Waals surface area contributed by atoms with Crippen LogP contribution in [0.3, 0.4) is 0 Å². The molecule has 1 aliphatic rings. The third-order valence-corrected chi connectivity index (χ3v) is 3.35. The van der Waals surface area contributed by atoms with E-state index in [1.807, 2.05) is 18.2 Å². The molecule has 0 spiro atoms. The summed E-state index contributed by atoms with van der Waals surface area (Å²) in [6.45, 7) is 1.92. The molecule has 0 aromatic heterocycles. The lowest BCUT2D eigenvalue weighted by molar-refractivity contribution is 0.881. The van der Waals surface area contributed by atoms with Crippen molar-refractivity contribution in [1.82, 2.24) is 0 Å². The lowest BCUT2D eigenvalue weighted by Gasteiger charge is -2.18. The van der Waals surface area contributed by atoms with Gasteiger partial charge in [0, 0.05) is 13.1 Å². The molecule has 0 saturated carbocycles. The second-order valence-electron chi connectivity index (χ2n) is 4.08. The molecule has 1 heterocycles. The van der Waals surface area contributed by atoms with Crippen molar-refractivity contribution in [2.75, 3.05) is 4.90 Å². The Labute approximate surface area is 100 Å². The molecule has 0 fully saturated rings. The first-order chi connectivity index (χ1) is 7.84. The van der Waals surface area contributed by atoms with Crippen LogP contribution in [0, 0.1) is 0 Å². The van der Waals surface area contributed by atoms with Gasteiger partial charge in [-0.1, -0.05) is 48.0 Å². The van der Waals surface area contributed by atoms with Crippen molar-refractivity contribution < 1.29 is 0 Å². The van der Waals surface area contributed by atoms with Gasteiger partial charge in [-0.15, -0.1) is 0 Å². The smallest absolute Gasteiger partial charge is 0.0639 e. The number of fused-ring (bicyclic) bond motifs is 1. The number of para-hydroxylation sites is 1. The molecule has 0 saturated heterocycles. The first kappa shape index (κ1) is 9.73. The van der Waals surface area contributed by atoms with Crippen LogP contribution in [0.4, 0.5) is 5.69 Å². The molecular formula is C14H12ClN. The van der Waals surface area contributed by atoms with E-state index in [4.69, 9.17) is 11.6 Å². The molecule has 0 amide bonds. The first-order valence-electron chi connectivity index (χ1n) is 5.41. The highest BCUT2D eigenvalue weighted by molar-refractivity contribution is 6.33. The molecule has 0 unspecified atom stereocenters. The molecule has 0 N–H and O–H groups in total. The van der Waals surface area contributed by atoms with Crippen LogP contribution in [0.1, 0.15) is 11.1 Å². The van der Waals surface area contributed by atoms with E-state index < -0.39 is 0 Å². The van der Waals surface area contributed by atoms with Crippen LogP contribution >= 0.6 is 11.6 Å². The monoisotopic (exact) mass is 229 g/mol. The molecule has 80 valence electrons. The molecule has 0 aliphatic carbocycles.